The van der Waals surface area contributed by atoms with Crippen LogP contribution in [0.5, 0.6) is 11.9 Å². The van der Waals surface area contributed by atoms with Gasteiger partial charge in [-0.25, -0.2) is 0 Å². The maximum Gasteiger partial charge on any atom is 0.320 e. The van der Waals surface area contributed by atoms with Crippen LogP contribution in [-0.2, 0) is 38.8 Å². The first-order valence-electron chi connectivity index (χ1n) is 14.2. The summed E-state index contributed by atoms with van der Waals surface area (Å²) in [6.45, 7) is 1.50. The van der Waals surface area contributed by atoms with Crippen molar-refractivity contribution in [3.8, 4) is 11.9 Å². The van der Waals surface area contributed by atoms with Gasteiger partial charge < -0.3 is 32.8 Å². The average molecular weight is 583 g/mol. The monoisotopic (exact) mass is 582 g/mol. The highest BCUT2D eigenvalue weighted by atomic mass is 16.6. The Hall–Kier alpha value is -4.28. The molecule has 3 aromatic carbocycles. The second kappa shape index (κ2) is 13.8. The molecule has 0 spiro atoms. The lowest BCUT2D eigenvalue weighted by Gasteiger charge is -2.25. The molecule has 1 aliphatic rings. The highest BCUT2D eigenvalue weighted by molar-refractivity contribution is 5.81. The largest absolute Gasteiger partial charge is 0.478 e. The zero-order chi connectivity index (χ0) is 29.4. The minimum atomic E-state index is -0.583. The molecule has 1 fully saturated rings. The molecule has 3 heterocycles. The summed E-state index contributed by atoms with van der Waals surface area (Å²) < 4.78 is 42.9. The molecule has 1 aliphatic heterocycles. The van der Waals surface area contributed by atoms with E-state index < -0.39 is 24.4 Å². The van der Waals surface area contributed by atoms with Gasteiger partial charge >= 0.3 is 6.01 Å². The predicted molar refractivity (Wildman–Crippen MR) is 159 cm³/mol. The van der Waals surface area contributed by atoms with Crippen LogP contribution in [0, 0.1) is 0 Å². The number of furan rings is 1. The van der Waals surface area contributed by atoms with Crippen molar-refractivity contribution in [3.63, 3.8) is 0 Å². The lowest BCUT2D eigenvalue weighted by Crippen LogP contribution is -2.37. The molecule has 222 valence electrons. The third-order valence-corrected chi connectivity index (χ3v) is 7.35. The van der Waals surface area contributed by atoms with E-state index in [9.17, 15) is 0 Å². The molecule has 0 saturated carbocycles. The maximum atomic E-state index is 6.72. The smallest absolute Gasteiger partial charge is 0.320 e. The summed E-state index contributed by atoms with van der Waals surface area (Å²) in [5.74, 6) is 0.271. The van der Waals surface area contributed by atoms with Gasteiger partial charge in [-0.1, -0.05) is 91.0 Å². The molecule has 6 rings (SSSR count). The van der Waals surface area contributed by atoms with Gasteiger partial charge in [0.25, 0.3) is 5.88 Å². The number of hydrogen-bond acceptors (Lipinski definition) is 9. The van der Waals surface area contributed by atoms with Gasteiger partial charge in [-0.15, -0.1) is 0 Å². The zero-order valence-corrected chi connectivity index (χ0v) is 24.1. The van der Waals surface area contributed by atoms with E-state index in [-0.39, 0.29) is 11.9 Å². The number of rotatable bonds is 13. The van der Waals surface area contributed by atoms with Crippen molar-refractivity contribution in [3.05, 3.63) is 120 Å². The van der Waals surface area contributed by atoms with Gasteiger partial charge in [0.15, 0.2) is 0 Å². The van der Waals surface area contributed by atoms with Gasteiger partial charge in [-0.05, 0) is 16.7 Å². The van der Waals surface area contributed by atoms with E-state index in [0.717, 1.165) is 16.7 Å². The van der Waals surface area contributed by atoms with Gasteiger partial charge in [0, 0.05) is 5.56 Å². The molecule has 9 nitrogen and oxygen atoms in total. The minimum Gasteiger partial charge on any atom is -0.478 e. The normalized spacial score (nSPS) is 20.0. The van der Waals surface area contributed by atoms with Crippen molar-refractivity contribution >= 4 is 11.1 Å². The van der Waals surface area contributed by atoms with Crippen LogP contribution in [0.3, 0.4) is 0 Å². The topological polar surface area (TPSA) is 94.3 Å². The third-order valence-electron chi connectivity index (χ3n) is 7.35. The quantitative estimate of drug-likeness (QED) is 0.164. The first-order valence-corrected chi connectivity index (χ1v) is 14.2. The molecule has 0 radical (unpaired) electrons. The molecule has 0 aliphatic carbocycles. The number of methoxy groups -OCH3 is 2. The van der Waals surface area contributed by atoms with Crippen molar-refractivity contribution in [2.75, 3.05) is 20.8 Å². The fourth-order valence-electron chi connectivity index (χ4n) is 5.22. The van der Waals surface area contributed by atoms with E-state index in [4.69, 9.17) is 32.8 Å². The van der Waals surface area contributed by atoms with Crippen molar-refractivity contribution in [2.24, 2.45) is 0 Å². The molecule has 0 amide bonds. The Balaban J connectivity index is 1.33. The van der Waals surface area contributed by atoms with E-state index in [1.165, 1.54) is 14.2 Å². The highest BCUT2D eigenvalue weighted by Crippen LogP contribution is 2.42. The molecular formula is C34H34N2O7. The second-order valence-corrected chi connectivity index (χ2v) is 10.2. The van der Waals surface area contributed by atoms with Crippen molar-refractivity contribution in [1.29, 1.82) is 0 Å². The summed E-state index contributed by atoms with van der Waals surface area (Å²) >= 11 is 0. The number of ether oxygens (including phenoxy) is 6. The fraction of sp³-hybridized carbons (Fsp3) is 0.294. The second-order valence-electron chi connectivity index (χ2n) is 10.2. The first-order chi connectivity index (χ1) is 21.2. The number of nitrogens with zero attached hydrogens (tertiary/aromatic N) is 2. The molecule has 9 heteroatoms. The van der Waals surface area contributed by atoms with E-state index in [1.807, 2.05) is 91.0 Å². The summed E-state index contributed by atoms with van der Waals surface area (Å²) in [5, 5.41) is 0. The van der Waals surface area contributed by atoms with Crippen molar-refractivity contribution < 1.29 is 32.8 Å². The fourth-order valence-corrected chi connectivity index (χ4v) is 5.22. The lowest BCUT2D eigenvalue weighted by atomic mass is 10.0. The van der Waals surface area contributed by atoms with E-state index in [1.54, 1.807) is 6.26 Å². The Labute approximate surface area is 250 Å². The summed E-state index contributed by atoms with van der Waals surface area (Å²) in [6.07, 6.45) is -0.372. The predicted octanol–water partition coefficient (Wildman–Crippen LogP) is 6.07. The molecule has 1 saturated heterocycles. The molecule has 0 N–H and O–H groups in total. The van der Waals surface area contributed by atoms with Crippen LogP contribution in [-0.4, -0.2) is 49.1 Å². The zero-order valence-electron chi connectivity index (χ0n) is 24.1. The summed E-state index contributed by atoms with van der Waals surface area (Å²) in [5.41, 5.74) is 4.77. The average Bonchev–Trinajstić information content (AvgIpc) is 3.64. The molecule has 4 atom stereocenters. The van der Waals surface area contributed by atoms with Crippen LogP contribution < -0.4 is 9.47 Å². The molecular weight excluding hydrogens is 548 g/mol. The van der Waals surface area contributed by atoms with E-state index in [0.29, 0.717) is 43.1 Å². The molecule has 1 unspecified atom stereocenters. The van der Waals surface area contributed by atoms with Gasteiger partial charge in [0.2, 0.25) is 5.58 Å². The van der Waals surface area contributed by atoms with Crippen LogP contribution in [0.25, 0.3) is 11.1 Å². The highest BCUT2D eigenvalue weighted by Gasteiger charge is 2.48. The Bertz CT molecular complexity index is 1580. The van der Waals surface area contributed by atoms with E-state index >= 15 is 0 Å². The molecule has 5 aromatic rings. The summed E-state index contributed by atoms with van der Waals surface area (Å²) in [4.78, 5) is 8.86. The van der Waals surface area contributed by atoms with Crippen LogP contribution in [0.2, 0.25) is 0 Å². The number of fused-ring (bicyclic) bond motifs is 1. The van der Waals surface area contributed by atoms with Crippen molar-refractivity contribution in [2.45, 2.75) is 44.2 Å². The molecule has 43 heavy (non-hydrogen) atoms. The van der Waals surface area contributed by atoms with Gasteiger partial charge in [-0.2, -0.15) is 9.97 Å². The lowest BCUT2D eigenvalue weighted by molar-refractivity contribution is -0.0898. The SMILES string of the molecule is COc1nc(OC)c2occ(C3O[C@H](COCc4ccccc4)[C@@H](OCc4ccccc4)[C@H]3OCc3ccccc3)c2n1. The van der Waals surface area contributed by atoms with Crippen LogP contribution in [0.4, 0.5) is 0 Å². The molecule has 2 aromatic heterocycles. The third kappa shape index (κ3) is 6.71. The first kappa shape index (κ1) is 28.8. The minimum absolute atomic E-state index is 0.159. The van der Waals surface area contributed by atoms with Crippen LogP contribution >= 0.6 is 0 Å². The Kier molecular flexibility index (Phi) is 9.25. The van der Waals surface area contributed by atoms with E-state index in [2.05, 4.69) is 9.97 Å². The van der Waals surface area contributed by atoms with Gasteiger partial charge in [0.05, 0.1) is 46.9 Å². The van der Waals surface area contributed by atoms with Crippen LogP contribution in [0.15, 0.2) is 102 Å². The maximum absolute atomic E-state index is 6.72. The Morgan fingerprint density at radius 1 is 0.674 bits per heavy atom. The van der Waals surface area contributed by atoms with Crippen molar-refractivity contribution in [1.82, 2.24) is 9.97 Å². The Morgan fingerprint density at radius 3 is 1.84 bits per heavy atom. The standard InChI is InChI=1S/C34H34N2O7/c1-37-33-31-28(35-34(36-33)38-2)26(21-42-31)29-32(41-20-25-16-10-5-11-17-25)30(40-19-24-14-8-4-9-15-24)27(43-29)22-39-18-23-12-6-3-7-13-23/h3-17,21,27,29-30,32H,18-20,22H2,1-2H3/t27-,29?,30-,32+/m1/s1. The number of benzene rings is 3. The molecule has 0 bridgehead atoms. The van der Waals surface area contributed by atoms with Gasteiger partial charge in [0.1, 0.15) is 29.9 Å². The summed E-state index contributed by atoms with van der Waals surface area (Å²) in [6, 6.07) is 30.3. The number of aromatic nitrogens is 2. The number of hydrogen-bond donors (Lipinski definition) is 0. The van der Waals surface area contributed by atoms with Crippen LogP contribution in [0.1, 0.15) is 28.4 Å². The summed E-state index contributed by atoms with van der Waals surface area (Å²) in [7, 11) is 3.03. The Morgan fingerprint density at radius 2 is 1.26 bits per heavy atom. The van der Waals surface area contributed by atoms with Gasteiger partial charge in [-0.3, -0.25) is 0 Å².